The number of rotatable bonds is 6. The Balaban J connectivity index is 1.69. The molecule has 0 spiro atoms. The van der Waals surface area contributed by atoms with Gasteiger partial charge < -0.3 is 10.2 Å². The highest BCUT2D eigenvalue weighted by Gasteiger charge is 2.38. The van der Waals surface area contributed by atoms with Gasteiger partial charge in [0.1, 0.15) is 0 Å². The van der Waals surface area contributed by atoms with Crippen LogP contribution in [0.1, 0.15) is 24.8 Å². The van der Waals surface area contributed by atoms with Gasteiger partial charge in [0.05, 0.1) is 0 Å². The molecule has 0 radical (unpaired) electrons. The van der Waals surface area contributed by atoms with Crippen molar-refractivity contribution in [1.82, 2.24) is 15.2 Å². The van der Waals surface area contributed by atoms with Crippen molar-refractivity contribution < 1.29 is 0 Å². The monoisotopic (exact) mass is 233 g/mol. The third kappa shape index (κ3) is 3.05. The smallest absolute Gasteiger partial charge is 0.0327 e. The minimum absolute atomic E-state index is 0.429. The maximum Gasteiger partial charge on any atom is 0.0327 e. The molecule has 1 heterocycles. The Morgan fingerprint density at radius 2 is 2.00 bits per heavy atom. The average molecular weight is 233 g/mol. The first kappa shape index (κ1) is 12.5. The molecule has 0 bridgehead atoms. The van der Waals surface area contributed by atoms with Crippen molar-refractivity contribution in [3.63, 3.8) is 0 Å². The molecule has 1 aromatic heterocycles. The molecule has 1 aromatic rings. The lowest BCUT2D eigenvalue weighted by molar-refractivity contribution is 0.0604. The van der Waals surface area contributed by atoms with Gasteiger partial charge in [-0.3, -0.25) is 4.98 Å². The Hall–Kier alpha value is -0.930. The fraction of sp³-hybridized carbons (Fsp3) is 0.643. The molecule has 0 unspecified atom stereocenters. The van der Waals surface area contributed by atoms with Crippen molar-refractivity contribution in [2.45, 2.75) is 31.2 Å². The maximum atomic E-state index is 4.03. The fourth-order valence-electron chi connectivity index (χ4n) is 2.47. The van der Waals surface area contributed by atoms with Gasteiger partial charge in [-0.1, -0.05) is 0 Å². The molecule has 1 aliphatic rings. The molecule has 0 saturated heterocycles. The molecule has 0 aromatic carbocycles. The van der Waals surface area contributed by atoms with E-state index in [-0.39, 0.29) is 0 Å². The molecule has 1 fully saturated rings. The molecule has 0 amide bonds. The molecule has 1 saturated carbocycles. The third-order valence-corrected chi connectivity index (χ3v) is 4.03. The molecule has 1 N–H and O–H groups in total. The lowest BCUT2D eigenvalue weighted by Crippen LogP contribution is -2.56. The minimum Gasteiger partial charge on any atom is -0.315 e. The van der Waals surface area contributed by atoms with Crippen LogP contribution in [0.4, 0.5) is 0 Å². The summed E-state index contributed by atoms with van der Waals surface area (Å²) in [7, 11) is 4.40. The largest absolute Gasteiger partial charge is 0.315 e. The zero-order valence-corrected chi connectivity index (χ0v) is 10.9. The van der Waals surface area contributed by atoms with Crippen LogP contribution >= 0.6 is 0 Å². The van der Waals surface area contributed by atoms with Crippen LogP contribution in [-0.2, 0) is 6.42 Å². The first-order valence-corrected chi connectivity index (χ1v) is 6.50. The van der Waals surface area contributed by atoms with Crippen LogP contribution in [0.3, 0.4) is 0 Å². The predicted octanol–water partition coefficient (Wildman–Crippen LogP) is 1.70. The van der Waals surface area contributed by atoms with Crippen molar-refractivity contribution in [3.05, 3.63) is 30.1 Å². The molecule has 3 nitrogen and oxygen atoms in total. The summed E-state index contributed by atoms with van der Waals surface area (Å²) in [5.41, 5.74) is 1.79. The molecular formula is C14H23N3. The highest BCUT2D eigenvalue weighted by molar-refractivity contribution is 5.10. The van der Waals surface area contributed by atoms with Crippen LogP contribution in [0.5, 0.6) is 0 Å². The van der Waals surface area contributed by atoms with E-state index in [9.17, 15) is 0 Å². The Bertz CT molecular complexity index is 331. The quantitative estimate of drug-likeness (QED) is 0.758. The van der Waals surface area contributed by atoms with Gasteiger partial charge in [-0.15, -0.1) is 0 Å². The highest BCUT2D eigenvalue weighted by Crippen LogP contribution is 2.35. The molecule has 3 heteroatoms. The summed E-state index contributed by atoms with van der Waals surface area (Å²) >= 11 is 0. The minimum atomic E-state index is 0.429. The lowest BCUT2D eigenvalue weighted by atomic mass is 9.75. The number of nitrogens with zero attached hydrogens (tertiary/aromatic N) is 2. The van der Waals surface area contributed by atoms with Crippen LogP contribution in [0.2, 0.25) is 0 Å². The van der Waals surface area contributed by atoms with Crippen molar-refractivity contribution in [2.75, 3.05) is 27.2 Å². The van der Waals surface area contributed by atoms with Crippen LogP contribution < -0.4 is 5.32 Å². The maximum absolute atomic E-state index is 4.03. The second-order valence-corrected chi connectivity index (χ2v) is 5.25. The first-order chi connectivity index (χ1) is 8.23. The third-order valence-electron chi connectivity index (χ3n) is 4.03. The number of likely N-dealkylation sites (N-methyl/N-ethyl adjacent to an activating group) is 1. The summed E-state index contributed by atoms with van der Waals surface area (Å²) in [5.74, 6) is 0. The molecular weight excluding hydrogens is 210 g/mol. The number of nitrogens with one attached hydrogen (secondary N) is 1. The fourth-order valence-corrected chi connectivity index (χ4v) is 2.47. The predicted molar refractivity (Wildman–Crippen MR) is 71.1 cm³/mol. The van der Waals surface area contributed by atoms with Gasteiger partial charge >= 0.3 is 0 Å². The number of aromatic nitrogens is 1. The van der Waals surface area contributed by atoms with Gasteiger partial charge in [-0.2, -0.15) is 0 Å². The van der Waals surface area contributed by atoms with E-state index in [1.807, 2.05) is 12.4 Å². The van der Waals surface area contributed by atoms with Gasteiger partial charge in [0.25, 0.3) is 0 Å². The second-order valence-electron chi connectivity index (χ2n) is 5.25. The van der Waals surface area contributed by atoms with Gasteiger partial charge in [-0.25, -0.2) is 0 Å². The van der Waals surface area contributed by atoms with Gasteiger partial charge in [0, 0.05) is 24.5 Å². The SMILES string of the molecule is CN(C)C1(CNCCc2ccncc2)CCC1. The molecule has 0 atom stereocenters. The molecule has 17 heavy (non-hydrogen) atoms. The molecule has 0 aliphatic heterocycles. The Morgan fingerprint density at radius 1 is 1.29 bits per heavy atom. The van der Waals surface area contributed by atoms with Gasteiger partial charge in [0.15, 0.2) is 0 Å². The van der Waals surface area contributed by atoms with E-state index in [0.29, 0.717) is 5.54 Å². The lowest BCUT2D eigenvalue weighted by Gasteiger charge is -2.47. The molecule has 1 aliphatic carbocycles. The Kier molecular flexibility index (Phi) is 4.13. The van der Waals surface area contributed by atoms with E-state index < -0.39 is 0 Å². The van der Waals surface area contributed by atoms with Crippen molar-refractivity contribution >= 4 is 0 Å². The summed E-state index contributed by atoms with van der Waals surface area (Å²) < 4.78 is 0. The van der Waals surface area contributed by atoms with E-state index in [1.54, 1.807) is 0 Å². The zero-order valence-electron chi connectivity index (χ0n) is 10.9. The van der Waals surface area contributed by atoms with Crippen molar-refractivity contribution in [3.8, 4) is 0 Å². The van der Waals surface area contributed by atoms with Gasteiger partial charge in [0.2, 0.25) is 0 Å². The number of hydrogen-bond donors (Lipinski definition) is 1. The number of hydrogen-bond acceptors (Lipinski definition) is 3. The van der Waals surface area contributed by atoms with Crippen LogP contribution in [0, 0.1) is 0 Å². The summed E-state index contributed by atoms with van der Waals surface area (Å²) in [6.45, 7) is 2.17. The van der Waals surface area contributed by atoms with E-state index >= 15 is 0 Å². The van der Waals surface area contributed by atoms with Crippen molar-refractivity contribution in [2.24, 2.45) is 0 Å². The summed E-state index contributed by atoms with van der Waals surface area (Å²) in [5, 5.41) is 3.60. The zero-order chi connectivity index (χ0) is 12.1. The Labute approximate surface area is 104 Å². The van der Waals surface area contributed by atoms with Crippen LogP contribution in [-0.4, -0.2) is 42.6 Å². The number of pyridine rings is 1. The highest BCUT2D eigenvalue weighted by atomic mass is 15.2. The Morgan fingerprint density at radius 3 is 2.53 bits per heavy atom. The topological polar surface area (TPSA) is 28.2 Å². The summed E-state index contributed by atoms with van der Waals surface area (Å²) in [4.78, 5) is 6.42. The normalized spacial score (nSPS) is 18.1. The van der Waals surface area contributed by atoms with E-state index in [0.717, 1.165) is 19.5 Å². The summed E-state index contributed by atoms with van der Waals surface area (Å²) in [6.07, 6.45) is 8.87. The van der Waals surface area contributed by atoms with Gasteiger partial charge in [-0.05, 0) is 64.0 Å². The average Bonchev–Trinajstić information content (AvgIpc) is 2.27. The van der Waals surface area contributed by atoms with Crippen molar-refractivity contribution in [1.29, 1.82) is 0 Å². The van der Waals surface area contributed by atoms with Crippen LogP contribution in [0.25, 0.3) is 0 Å². The summed E-state index contributed by atoms with van der Waals surface area (Å²) in [6, 6.07) is 4.18. The second kappa shape index (κ2) is 5.61. The molecule has 2 rings (SSSR count). The van der Waals surface area contributed by atoms with E-state index in [1.165, 1.54) is 24.8 Å². The van der Waals surface area contributed by atoms with E-state index in [2.05, 4.69) is 41.4 Å². The van der Waals surface area contributed by atoms with Crippen LogP contribution in [0.15, 0.2) is 24.5 Å². The first-order valence-electron chi connectivity index (χ1n) is 6.50. The standard InChI is InChI=1S/C14H23N3/c1-17(2)14(7-3-8-14)12-16-11-6-13-4-9-15-10-5-13/h4-5,9-10,16H,3,6-8,11-12H2,1-2H3. The van der Waals surface area contributed by atoms with E-state index in [4.69, 9.17) is 0 Å². The molecule has 94 valence electrons.